The predicted molar refractivity (Wildman–Crippen MR) is 103 cm³/mol. The number of nitrogens with one attached hydrogen (secondary N) is 1. The number of carbonyl (C=O) groups excluding carboxylic acids is 1. The minimum atomic E-state index is -0.620. The van der Waals surface area contributed by atoms with Crippen LogP contribution in [0.1, 0.15) is 0 Å². The second kappa shape index (κ2) is 7.66. The highest BCUT2D eigenvalue weighted by Crippen LogP contribution is 2.29. The van der Waals surface area contributed by atoms with Crippen molar-refractivity contribution in [3.63, 3.8) is 0 Å². The van der Waals surface area contributed by atoms with Crippen LogP contribution >= 0.6 is 0 Å². The van der Waals surface area contributed by atoms with Crippen LogP contribution in [0.25, 0.3) is 22.3 Å². The van der Waals surface area contributed by atoms with Gasteiger partial charge in [-0.3, -0.25) is 0 Å². The highest BCUT2D eigenvalue weighted by atomic mass is 19.1. The topological polar surface area (TPSA) is 38.3 Å². The molecule has 1 N–H and O–H groups in total. The van der Waals surface area contributed by atoms with E-state index in [1.54, 1.807) is 12.1 Å². The quantitative estimate of drug-likeness (QED) is 0.387. The summed E-state index contributed by atoms with van der Waals surface area (Å²) in [6.07, 6.45) is 1.04. The van der Waals surface area contributed by atoms with Gasteiger partial charge in [0.25, 0.3) is 0 Å². The Labute approximate surface area is 151 Å². The van der Waals surface area contributed by atoms with Gasteiger partial charge in [-0.15, -0.1) is 0 Å². The summed E-state index contributed by atoms with van der Waals surface area (Å²) >= 11 is 0. The summed E-state index contributed by atoms with van der Waals surface area (Å²) in [6, 6.07) is 20.1. The van der Waals surface area contributed by atoms with Crippen molar-refractivity contribution in [2.75, 3.05) is 12.4 Å². The van der Waals surface area contributed by atoms with E-state index in [9.17, 15) is 9.18 Å². The lowest BCUT2D eigenvalue weighted by Crippen LogP contribution is -2.03. The molecule has 0 atom stereocenters. The van der Waals surface area contributed by atoms with Crippen molar-refractivity contribution >= 4 is 11.7 Å². The maximum absolute atomic E-state index is 14.4. The molecule has 0 aliphatic carbocycles. The molecule has 0 bridgehead atoms. The van der Waals surface area contributed by atoms with E-state index < -0.39 is 11.8 Å². The minimum Gasteiger partial charge on any atom is -0.423 e. The first kappa shape index (κ1) is 17.4. The molecule has 0 aliphatic rings. The van der Waals surface area contributed by atoms with Gasteiger partial charge in [-0.1, -0.05) is 43.0 Å². The molecule has 26 heavy (non-hydrogen) atoms. The van der Waals surface area contributed by atoms with Crippen LogP contribution in [-0.2, 0) is 4.79 Å². The van der Waals surface area contributed by atoms with Crippen LogP contribution in [0.2, 0.25) is 0 Å². The number of anilines is 1. The fourth-order valence-corrected chi connectivity index (χ4v) is 2.62. The Kier molecular flexibility index (Phi) is 5.13. The molecule has 0 heterocycles. The Morgan fingerprint density at radius 1 is 0.962 bits per heavy atom. The third-order valence-electron chi connectivity index (χ3n) is 4.03. The Morgan fingerprint density at radius 3 is 2.08 bits per heavy atom. The lowest BCUT2D eigenvalue weighted by molar-refractivity contribution is -0.128. The molecule has 4 heteroatoms. The van der Waals surface area contributed by atoms with E-state index in [1.807, 2.05) is 55.6 Å². The van der Waals surface area contributed by atoms with Crippen LogP contribution in [0, 0.1) is 5.82 Å². The van der Waals surface area contributed by atoms with Gasteiger partial charge in [0.2, 0.25) is 0 Å². The second-order valence-electron chi connectivity index (χ2n) is 5.67. The first-order valence-corrected chi connectivity index (χ1v) is 8.13. The van der Waals surface area contributed by atoms with Crippen molar-refractivity contribution in [3.05, 3.63) is 85.2 Å². The molecule has 0 fully saturated rings. The monoisotopic (exact) mass is 347 g/mol. The molecule has 0 saturated heterocycles. The minimum absolute atomic E-state index is 0.150. The summed E-state index contributed by atoms with van der Waals surface area (Å²) in [5.74, 6) is -0.923. The normalized spacial score (nSPS) is 10.2. The first-order valence-electron chi connectivity index (χ1n) is 8.13. The van der Waals surface area contributed by atoms with Gasteiger partial charge in [-0.2, -0.15) is 0 Å². The van der Waals surface area contributed by atoms with E-state index in [0.29, 0.717) is 5.56 Å². The molecule has 3 rings (SSSR count). The van der Waals surface area contributed by atoms with Crippen molar-refractivity contribution in [1.29, 1.82) is 0 Å². The molecular weight excluding hydrogens is 329 g/mol. The molecule has 0 radical (unpaired) electrons. The van der Waals surface area contributed by atoms with Crippen LogP contribution in [0.15, 0.2) is 79.4 Å². The smallest absolute Gasteiger partial charge is 0.335 e. The SMILES string of the molecule is C=CC(=O)Oc1ccc(-c2ccc(-c3ccc(NC)cc3)cc2)c(F)c1. The van der Waals surface area contributed by atoms with E-state index in [1.165, 1.54) is 6.07 Å². The summed E-state index contributed by atoms with van der Waals surface area (Å²) in [5.41, 5.74) is 4.38. The average molecular weight is 347 g/mol. The Bertz CT molecular complexity index is 931. The Hall–Kier alpha value is -3.40. The van der Waals surface area contributed by atoms with E-state index in [2.05, 4.69) is 11.9 Å². The van der Waals surface area contributed by atoms with E-state index >= 15 is 0 Å². The molecule has 0 amide bonds. The fraction of sp³-hybridized carbons (Fsp3) is 0.0455. The summed E-state index contributed by atoms with van der Waals surface area (Å²) in [5, 5.41) is 3.08. The molecule has 0 aromatic heterocycles. The number of ether oxygens (including phenoxy) is 1. The number of rotatable bonds is 5. The number of hydrogen-bond acceptors (Lipinski definition) is 3. The van der Waals surface area contributed by atoms with Gasteiger partial charge in [-0.25, -0.2) is 9.18 Å². The predicted octanol–water partition coefficient (Wildman–Crippen LogP) is 5.29. The van der Waals surface area contributed by atoms with Gasteiger partial charge >= 0.3 is 5.97 Å². The summed E-state index contributed by atoms with van der Waals surface area (Å²) < 4.78 is 19.3. The average Bonchev–Trinajstić information content (AvgIpc) is 2.68. The van der Waals surface area contributed by atoms with Crippen molar-refractivity contribution < 1.29 is 13.9 Å². The molecule has 3 nitrogen and oxygen atoms in total. The summed E-state index contributed by atoms with van der Waals surface area (Å²) in [4.78, 5) is 11.2. The molecule has 0 unspecified atom stereocenters. The first-order chi connectivity index (χ1) is 12.6. The van der Waals surface area contributed by atoms with Crippen molar-refractivity contribution in [2.24, 2.45) is 0 Å². The molecule has 3 aromatic rings. The third-order valence-corrected chi connectivity index (χ3v) is 4.03. The van der Waals surface area contributed by atoms with Gasteiger partial charge in [0.05, 0.1) is 0 Å². The highest BCUT2D eigenvalue weighted by molar-refractivity contribution is 5.83. The maximum atomic E-state index is 14.4. The Morgan fingerprint density at radius 2 is 1.54 bits per heavy atom. The third kappa shape index (κ3) is 3.81. The molecular formula is C22H18FNO2. The zero-order valence-corrected chi connectivity index (χ0v) is 14.3. The van der Waals surface area contributed by atoms with Crippen LogP contribution in [0.3, 0.4) is 0 Å². The van der Waals surface area contributed by atoms with Crippen LogP contribution in [-0.4, -0.2) is 13.0 Å². The second-order valence-corrected chi connectivity index (χ2v) is 5.67. The van der Waals surface area contributed by atoms with E-state index in [0.717, 1.165) is 28.5 Å². The van der Waals surface area contributed by atoms with Crippen molar-refractivity contribution in [1.82, 2.24) is 0 Å². The lowest BCUT2D eigenvalue weighted by atomic mass is 10.00. The van der Waals surface area contributed by atoms with E-state index in [-0.39, 0.29) is 5.75 Å². The molecule has 130 valence electrons. The zero-order valence-electron chi connectivity index (χ0n) is 14.3. The Balaban J connectivity index is 1.83. The number of hydrogen-bond donors (Lipinski definition) is 1. The van der Waals surface area contributed by atoms with Gasteiger partial charge in [0.1, 0.15) is 11.6 Å². The maximum Gasteiger partial charge on any atom is 0.335 e. The standard InChI is InChI=1S/C22H18FNO2/c1-3-22(25)26-19-12-13-20(21(23)14-19)17-6-4-15(5-7-17)16-8-10-18(24-2)11-9-16/h3-14,24H,1H2,2H3. The number of benzene rings is 3. The van der Waals surface area contributed by atoms with Gasteiger partial charge in [0, 0.05) is 30.4 Å². The van der Waals surface area contributed by atoms with Crippen LogP contribution < -0.4 is 10.1 Å². The number of halogens is 1. The van der Waals surface area contributed by atoms with Gasteiger partial charge in [0.15, 0.2) is 0 Å². The molecule has 3 aromatic carbocycles. The van der Waals surface area contributed by atoms with Crippen molar-refractivity contribution in [3.8, 4) is 28.0 Å². The van der Waals surface area contributed by atoms with E-state index in [4.69, 9.17) is 4.74 Å². The lowest BCUT2D eigenvalue weighted by Gasteiger charge is -2.08. The van der Waals surface area contributed by atoms with Crippen LogP contribution in [0.4, 0.5) is 10.1 Å². The van der Waals surface area contributed by atoms with Crippen molar-refractivity contribution in [2.45, 2.75) is 0 Å². The van der Waals surface area contributed by atoms with Gasteiger partial charge < -0.3 is 10.1 Å². The molecule has 0 spiro atoms. The molecule has 0 aliphatic heterocycles. The molecule has 0 saturated carbocycles. The number of carbonyl (C=O) groups is 1. The zero-order chi connectivity index (χ0) is 18.5. The summed E-state index contributed by atoms with van der Waals surface area (Å²) in [7, 11) is 1.88. The number of esters is 1. The highest BCUT2D eigenvalue weighted by Gasteiger charge is 2.09. The van der Waals surface area contributed by atoms with Crippen LogP contribution in [0.5, 0.6) is 5.75 Å². The fourth-order valence-electron chi connectivity index (χ4n) is 2.62. The largest absolute Gasteiger partial charge is 0.423 e. The summed E-state index contributed by atoms with van der Waals surface area (Å²) in [6.45, 7) is 3.32. The van der Waals surface area contributed by atoms with Gasteiger partial charge in [-0.05, 0) is 41.0 Å².